The molecular weight excluding hydrogens is 389 g/mol. The topological polar surface area (TPSA) is 25.0 Å². The summed E-state index contributed by atoms with van der Waals surface area (Å²) in [7, 11) is -1.82. The Balaban J connectivity index is 2.49. The zero-order valence-corrected chi connectivity index (χ0v) is 16.7. The highest BCUT2D eigenvalue weighted by Gasteiger charge is 2.39. The average molecular weight is 413 g/mol. The van der Waals surface area contributed by atoms with Crippen molar-refractivity contribution in [3.63, 3.8) is 0 Å². The minimum atomic E-state index is -1.82. The molecule has 0 fully saturated rings. The standard InChI is InChI=1S/C17H24INOSi/c1-7-8-12-11-19-13-9-10-14(16(18)15(12)13)20-21(5,6)17(2,3)4/h7,9-11,19H,1,8H2,2-6H3. The highest BCUT2D eigenvalue weighted by atomic mass is 127. The van der Waals surface area contributed by atoms with Gasteiger partial charge in [-0.25, -0.2) is 0 Å². The molecule has 0 amide bonds. The van der Waals surface area contributed by atoms with Gasteiger partial charge in [-0.1, -0.05) is 26.8 Å². The lowest BCUT2D eigenvalue weighted by Gasteiger charge is -2.36. The molecule has 0 spiro atoms. The Labute approximate surface area is 142 Å². The van der Waals surface area contributed by atoms with E-state index in [9.17, 15) is 0 Å². The first-order valence-electron chi connectivity index (χ1n) is 7.26. The molecule has 0 aliphatic rings. The van der Waals surface area contributed by atoms with Crippen LogP contribution in [-0.4, -0.2) is 13.3 Å². The summed E-state index contributed by atoms with van der Waals surface area (Å²) in [6.07, 6.45) is 4.89. The van der Waals surface area contributed by atoms with Crippen LogP contribution in [0.4, 0.5) is 0 Å². The molecule has 2 aromatic rings. The Bertz CT molecular complexity index is 667. The number of hydrogen-bond acceptors (Lipinski definition) is 1. The SMILES string of the molecule is C=CCc1c[nH]c2ccc(O[Si](C)(C)C(C)(C)C)c(I)c12. The second kappa shape index (κ2) is 5.80. The number of allylic oxidation sites excluding steroid dienone is 1. The van der Waals surface area contributed by atoms with Crippen molar-refractivity contribution in [1.29, 1.82) is 0 Å². The quantitative estimate of drug-likeness (QED) is 0.378. The molecule has 0 unspecified atom stereocenters. The van der Waals surface area contributed by atoms with Crippen molar-refractivity contribution in [2.75, 3.05) is 0 Å². The summed E-state index contributed by atoms with van der Waals surface area (Å²) in [5, 5.41) is 1.47. The van der Waals surface area contributed by atoms with Gasteiger partial charge in [0.1, 0.15) is 5.75 Å². The van der Waals surface area contributed by atoms with Crippen molar-refractivity contribution >= 4 is 41.8 Å². The van der Waals surface area contributed by atoms with E-state index in [0.717, 1.165) is 12.2 Å². The summed E-state index contributed by atoms with van der Waals surface area (Å²) in [5.41, 5.74) is 2.45. The normalized spacial score (nSPS) is 12.7. The predicted octanol–water partition coefficient (Wildman–Crippen LogP) is 5.89. The Morgan fingerprint density at radius 2 is 2.00 bits per heavy atom. The number of rotatable bonds is 4. The molecular formula is C17H24INOSi. The van der Waals surface area contributed by atoms with Gasteiger partial charge in [-0.05, 0) is 64.8 Å². The van der Waals surface area contributed by atoms with Gasteiger partial charge in [0, 0.05) is 17.1 Å². The molecule has 4 heteroatoms. The number of aromatic amines is 1. The summed E-state index contributed by atoms with van der Waals surface area (Å²) in [6, 6.07) is 4.21. The molecule has 0 atom stereocenters. The maximum atomic E-state index is 6.50. The molecule has 2 nitrogen and oxygen atoms in total. The fourth-order valence-corrected chi connectivity index (χ4v) is 4.21. The zero-order chi connectivity index (χ0) is 15.8. The van der Waals surface area contributed by atoms with Crippen LogP contribution in [0.5, 0.6) is 5.75 Å². The lowest BCUT2D eigenvalue weighted by Crippen LogP contribution is -2.44. The molecule has 0 aliphatic heterocycles. The molecule has 1 heterocycles. The van der Waals surface area contributed by atoms with Crippen LogP contribution in [0.25, 0.3) is 10.9 Å². The predicted molar refractivity (Wildman–Crippen MR) is 103 cm³/mol. The first kappa shape index (κ1) is 16.6. The molecule has 114 valence electrons. The van der Waals surface area contributed by atoms with Crippen molar-refractivity contribution in [1.82, 2.24) is 4.98 Å². The second-order valence-corrected chi connectivity index (χ2v) is 12.8. The first-order chi connectivity index (χ1) is 9.67. The third-order valence-electron chi connectivity index (χ3n) is 4.37. The van der Waals surface area contributed by atoms with Gasteiger partial charge in [0.15, 0.2) is 0 Å². The van der Waals surface area contributed by atoms with Gasteiger partial charge in [0.25, 0.3) is 8.32 Å². The van der Waals surface area contributed by atoms with Gasteiger partial charge >= 0.3 is 0 Å². The Kier molecular flexibility index (Phi) is 4.59. The van der Waals surface area contributed by atoms with Crippen LogP contribution in [0.1, 0.15) is 26.3 Å². The zero-order valence-electron chi connectivity index (χ0n) is 13.5. The van der Waals surface area contributed by atoms with Gasteiger partial charge in [-0.15, -0.1) is 6.58 Å². The van der Waals surface area contributed by atoms with E-state index < -0.39 is 8.32 Å². The third-order valence-corrected chi connectivity index (χ3v) is 9.78. The summed E-state index contributed by atoms with van der Waals surface area (Å²) in [6.45, 7) is 15.2. The minimum absolute atomic E-state index is 0.202. The molecule has 2 rings (SSSR count). The number of aromatic nitrogens is 1. The van der Waals surface area contributed by atoms with Crippen molar-refractivity contribution in [2.24, 2.45) is 0 Å². The van der Waals surface area contributed by atoms with Crippen LogP contribution in [0.2, 0.25) is 18.1 Å². The highest BCUT2D eigenvalue weighted by Crippen LogP contribution is 2.40. The van der Waals surface area contributed by atoms with Gasteiger partial charge in [-0.3, -0.25) is 0 Å². The van der Waals surface area contributed by atoms with Crippen LogP contribution in [0.15, 0.2) is 31.0 Å². The molecule has 0 aliphatic carbocycles. The summed E-state index contributed by atoms with van der Waals surface area (Å²) < 4.78 is 7.70. The maximum absolute atomic E-state index is 6.50. The summed E-state index contributed by atoms with van der Waals surface area (Å²) in [4.78, 5) is 3.34. The van der Waals surface area contributed by atoms with Crippen molar-refractivity contribution in [2.45, 2.75) is 45.3 Å². The van der Waals surface area contributed by atoms with E-state index in [2.05, 4.69) is 86.3 Å². The van der Waals surface area contributed by atoms with Gasteiger partial charge in [0.2, 0.25) is 0 Å². The van der Waals surface area contributed by atoms with Crippen molar-refractivity contribution in [3.8, 4) is 5.75 Å². The Morgan fingerprint density at radius 3 is 2.57 bits per heavy atom. The van der Waals surface area contributed by atoms with Crippen molar-refractivity contribution < 1.29 is 4.43 Å². The molecule has 1 aromatic carbocycles. The number of halogens is 1. The first-order valence-corrected chi connectivity index (χ1v) is 11.2. The van der Waals surface area contributed by atoms with Gasteiger partial charge in [-0.2, -0.15) is 0 Å². The monoisotopic (exact) mass is 413 g/mol. The average Bonchev–Trinajstić information content (AvgIpc) is 2.76. The lowest BCUT2D eigenvalue weighted by molar-refractivity contribution is 0.490. The number of H-pyrrole nitrogens is 1. The van der Waals surface area contributed by atoms with Gasteiger partial charge in [0.05, 0.1) is 3.57 Å². The van der Waals surface area contributed by atoms with E-state index in [-0.39, 0.29) is 5.04 Å². The van der Waals surface area contributed by atoms with Crippen LogP contribution in [0.3, 0.4) is 0 Å². The van der Waals surface area contributed by atoms with E-state index in [1.807, 2.05) is 6.08 Å². The molecule has 21 heavy (non-hydrogen) atoms. The molecule has 0 saturated heterocycles. The highest BCUT2D eigenvalue weighted by molar-refractivity contribution is 14.1. The second-order valence-electron chi connectivity index (χ2n) is 6.97. The van der Waals surface area contributed by atoms with E-state index in [1.54, 1.807) is 0 Å². The fraction of sp³-hybridized carbons (Fsp3) is 0.412. The van der Waals surface area contributed by atoms with E-state index in [0.29, 0.717) is 0 Å². The minimum Gasteiger partial charge on any atom is -0.543 e. The Hall–Kier alpha value is -0.753. The Morgan fingerprint density at radius 1 is 1.33 bits per heavy atom. The number of hydrogen-bond donors (Lipinski definition) is 1. The van der Waals surface area contributed by atoms with Gasteiger partial charge < -0.3 is 9.41 Å². The largest absolute Gasteiger partial charge is 0.543 e. The molecule has 0 saturated carbocycles. The van der Waals surface area contributed by atoms with E-state index >= 15 is 0 Å². The lowest BCUT2D eigenvalue weighted by atomic mass is 10.1. The number of benzene rings is 1. The maximum Gasteiger partial charge on any atom is 0.250 e. The van der Waals surface area contributed by atoms with E-state index in [1.165, 1.54) is 20.0 Å². The number of fused-ring (bicyclic) bond motifs is 1. The number of nitrogens with one attached hydrogen (secondary N) is 1. The molecule has 1 N–H and O–H groups in total. The summed E-state index contributed by atoms with van der Waals surface area (Å²) in [5.74, 6) is 1.01. The molecule has 0 radical (unpaired) electrons. The summed E-state index contributed by atoms with van der Waals surface area (Å²) >= 11 is 2.41. The van der Waals surface area contributed by atoms with Crippen molar-refractivity contribution in [3.05, 3.63) is 40.1 Å². The van der Waals surface area contributed by atoms with Crippen LogP contribution < -0.4 is 4.43 Å². The van der Waals surface area contributed by atoms with E-state index in [4.69, 9.17) is 4.43 Å². The third kappa shape index (κ3) is 3.21. The molecule has 1 aromatic heterocycles. The molecule has 0 bridgehead atoms. The van der Waals surface area contributed by atoms with Crippen LogP contribution in [-0.2, 0) is 6.42 Å². The van der Waals surface area contributed by atoms with Crippen LogP contribution in [0, 0.1) is 3.57 Å². The fourth-order valence-electron chi connectivity index (χ4n) is 2.05. The van der Waals surface area contributed by atoms with Crippen LogP contribution >= 0.6 is 22.6 Å². The smallest absolute Gasteiger partial charge is 0.250 e.